The van der Waals surface area contributed by atoms with E-state index in [2.05, 4.69) is 34.5 Å². The Morgan fingerprint density at radius 3 is 1.16 bits per heavy atom. The second-order valence-electron chi connectivity index (χ2n) is 10.7. The van der Waals surface area contributed by atoms with Gasteiger partial charge in [-0.25, -0.2) is 9.59 Å². The maximum Gasteiger partial charge on any atom is 0.317 e. The molecule has 0 aromatic carbocycles. The zero-order valence-corrected chi connectivity index (χ0v) is 20.2. The number of hydrogen-bond acceptors (Lipinski definition) is 4. The standard InChI is InChI=1S/C24H44N6O2/c1-27-11-15-29(16-12-27)23(31)25-21-7-3-19(4-8-21)20-5-9-22(10-6-20)26-24(32)30-17-13-28(2)14-18-30/h19-22H,3-18H2,1-2H3,(H,25,31)(H,26,32). The summed E-state index contributed by atoms with van der Waals surface area (Å²) in [6.07, 6.45) is 9.39. The van der Waals surface area contributed by atoms with E-state index in [0.717, 1.165) is 89.9 Å². The maximum atomic E-state index is 12.6. The normalized spacial score (nSPS) is 33.1. The van der Waals surface area contributed by atoms with E-state index >= 15 is 0 Å². The van der Waals surface area contributed by atoms with E-state index in [4.69, 9.17) is 0 Å². The van der Waals surface area contributed by atoms with Gasteiger partial charge in [0.25, 0.3) is 0 Å². The molecule has 2 aliphatic heterocycles. The van der Waals surface area contributed by atoms with Crippen LogP contribution in [0.25, 0.3) is 0 Å². The van der Waals surface area contributed by atoms with Crippen molar-refractivity contribution in [3.05, 3.63) is 0 Å². The summed E-state index contributed by atoms with van der Waals surface area (Å²) in [5.41, 5.74) is 0. The van der Waals surface area contributed by atoms with Gasteiger partial charge >= 0.3 is 12.1 Å². The number of hydrogen-bond donors (Lipinski definition) is 2. The third-order valence-electron chi connectivity index (χ3n) is 8.45. The van der Waals surface area contributed by atoms with E-state index in [1.165, 1.54) is 25.7 Å². The monoisotopic (exact) mass is 448 g/mol. The van der Waals surface area contributed by atoms with Crippen molar-refractivity contribution in [3.8, 4) is 0 Å². The van der Waals surface area contributed by atoms with E-state index < -0.39 is 0 Å². The molecular weight excluding hydrogens is 404 g/mol. The van der Waals surface area contributed by atoms with Gasteiger partial charge in [-0.2, -0.15) is 0 Å². The van der Waals surface area contributed by atoms with Gasteiger partial charge in [0.05, 0.1) is 0 Å². The van der Waals surface area contributed by atoms with Crippen LogP contribution in [0.3, 0.4) is 0 Å². The number of amides is 4. The molecule has 4 amide bonds. The third-order valence-corrected chi connectivity index (χ3v) is 8.45. The topological polar surface area (TPSA) is 71.2 Å². The second kappa shape index (κ2) is 11.1. The minimum absolute atomic E-state index is 0.137. The molecule has 2 aliphatic carbocycles. The zero-order chi connectivity index (χ0) is 22.5. The van der Waals surface area contributed by atoms with E-state index in [0.29, 0.717) is 12.1 Å². The first-order valence-electron chi connectivity index (χ1n) is 13.0. The second-order valence-corrected chi connectivity index (χ2v) is 10.7. The first kappa shape index (κ1) is 23.6. The number of likely N-dealkylation sites (N-methyl/N-ethyl adjacent to an activating group) is 2. The lowest BCUT2D eigenvalue weighted by molar-refractivity contribution is 0.133. The minimum Gasteiger partial charge on any atom is -0.335 e. The van der Waals surface area contributed by atoms with E-state index in [1.807, 2.05) is 9.80 Å². The van der Waals surface area contributed by atoms with Gasteiger partial charge in [0.15, 0.2) is 0 Å². The van der Waals surface area contributed by atoms with Crippen molar-refractivity contribution in [1.82, 2.24) is 30.2 Å². The lowest BCUT2D eigenvalue weighted by Crippen LogP contribution is -2.53. The summed E-state index contributed by atoms with van der Waals surface area (Å²) < 4.78 is 0. The SMILES string of the molecule is CN1CCN(C(=O)NC2CCC(C3CCC(NC(=O)N4CCN(C)CC4)CC3)CC2)CC1. The van der Waals surface area contributed by atoms with Crippen LogP contribution in [0, 0.1) is 11.8 Å². The summed E-state index contributed by atoms with van der Waals surface area (Å²) in [4.78, 5) is 33.6. The molecule has 8 heteroatoms. The molecule has 0 unspecified atom stereocenters. The quantitative estimate of drug-likeness (QED) is 0.693. The number of nitrogens with one attached hydrogen (secondary N) is 2. The Hall–Kier alpha value is -1.54. The van der Waals surface area contributed by atoms with Crippen LogP contribution in [-0.4, -0.2) is 110 Å². The summed E-state index contributed by atoms with van der Waals surface area (Å²) in [7, 11) is 4.23. The highest BCUT2D eigenvalue weighted by Gasteiger charge is 2.33. The van der Waals surface area contributed by atoms with Crippen LogP contribution in [-0.2, 0) is 0 Å². The van der Waals surface area contributed by atoms with Crippen LogP contribution in [0.4, 0.5) is 9.59 Å². The van der Waals surface area contributed by atoms with Gasteiger partial charge in [0.2, 0.25) is 0 Å². The average Bonchev–Trinajstić information content (AvgIpc) is 2.81. The highest BCUT2D eigenvalue weighted by molar-refractivity contribution is 5.75. The van der Waals surface area contributed by atoms with Crippen LogP contribution >= 0.6 is 0 Å². The highest BCUT2D eigenvalue weighted by atomic mass is 16.2. The molecule has 2 heterocycles. The Morgan fingerprint density at radius 1 is 0.531 bits per heavy atom. The molecule has 2 saturated heterocycles. The Labute approximate surface area is 194 Å². The number of rotatable bonds is 3. The molecule has 0 radical (unpaired) electrons. The maximum absolute atomic E-state index is 12.6. The van der Waals surface area contributed by atoms with E-state index in [1.54, 1.807) is 0 Å². The lowest BCUT2D eigenvalue weighted by atomic mass is 9.71. The van der Waals surface area contributed by atoms with Gasteiger partial charge in [0, 0.05) is 64.4 Å². The smallest absolute Gasteiger partial charge is 0.317 e. The molecule has 0 bridgehead atoms. The molecule has 0 aromatic heterocycles. The van der Waals surface area contributed by atoms with Crippen LogP contribution in [0.5, 0.6) is 0 Å². The largest absolute Gasteiger partial charge is 0.335 e. The summed E-state index contributed by atoms with van der Waals surface area (Å²) in [6, 6.07) is 0.964. The molecule has 8 nitrogen and oxygen atoms in total. The highest BCUT2D eigenvalue weighted by Crippen LogP contribution is 2.38. The van der Waals surface area contributed by atoms with Crippen LogP contribution < -0.4 is 10.6 Å². The average molecular weight is 449 g/mol. The van der Waals surface area contributed by atoms with Crippen LogP contribution in [0.2, 0.25) is 0 Å². The van der Waals surface area contributed by atoms with Crippen molar-refractivity contribution in [2.75, 3.05) is 66.5 Å². The van der Waals surface area contributed by atoms with Gasteiger partial charge in [0.1, 0.15) is 0 Å². The molecule has 2 N–H and O–H groups in total. The first-order chi connectivity index (χ1) is 15.5. The fraction of sp³-hybridized carbons (Fsp3) is 0.917. The van der Waals surface area contributed by atoms with Crippen molar-refractivity contribution in [3.63, 3.8) is 0 Å². The minimum atomic E-state index is 0.137. The first-order valence-corrected chi connectivity index (χ1v) is 13.0. The van der Waals surface area contributed by atoms with E-state index in [-0.39, 0.29) is 12.1 Å². The number of urea groups is 2. The van der Waals surface area contributed by atoms with Gasteiger partial charge in [-0.15, -0.1) is 0 Å². The Bertz CT molecular complexity index is 560. The lowest BCUT2D eigenvalue weighted by Gasteiger charge is -2.39. The molecule has 32 heavy (non-hydrogen) atoms. The predicted molar refractivity (Wildman–Crippen MR) is 127 cm³/mol. The Kier molecular flexibility index (Phi) is 8.16. The zero-order valence-electron chi connectivity index (χ0n) is 20.2. The Balaban J connectivity index is 1.12. The summed E-state index contributed by atoms with van der Waals surface area (Å²) in [5, 5.41) is 6.61. The molecule has 4 rings (SSSR count). The molecular formula is C24H44N6O2. The fourth-order valence-electron chi connectivity index (χ4n) is 6.02. The molecule has 182 valence electrons. The van der Waals surface area contributed by atoms with E-state index in [9.17, 15) is 9.59 Å². The van der Waals surface area contributed by atoms with Crippen molar-refractivity contribution in [1.29, 1.82) is 0 Å². The third kappa shape index (κ3) is 6.28. The summed E-state index contributed by atoms with van der Waals surface area (Å²) in [5.74, 6) is 1.59. The molecule has 4 fully saturated rings. The number of carbonyl (C=O) groups is 2. The van der Waals surface area contributed by atoms with Crippen LogP contribution in [0.15, 0.2) is 0 Å². The van der Waals surface area contributed by atoms with Gasteiger partial charge in [-0.05, 0) is 77.3 Å². The molecule has 0 atom stereocenters. The van der Waals surface area contributed by atoms with Gasteiger partial charge in [-0.3, -0.25) is 0 Å². The number of carbonyl (C=O) groups excluding carboxylic acids is 2. The molecule has 4 aliphatic rings. The molecule has 0 spiro atoms. The van der Waals surface area contributed by atoms with Gasteiger partial charge < -0.3 is 30.2 Å². The Morgan fingerprint density at radius 2 is 0.844 bits per heavy atom. The summed E-state index contributed by atoms with van der Waals surface area (Å²) in [6.45, 7) is 7.24. The summed E-state index contributed by atoms with van der Waals surface area (Å²) >= 11 is 0. The van der Waals surface area contributed by atoms with Crippen molar-refractivity contribution >= 4 is 12.1 Å². The van der Waals surface area contributed by atoms with Crippen LogP contribution in [0.1, 0.15) is 51.4 Å². The predicted octanol–water partition coefficient (Wildman–Crippen LogP) is 2.02. The van der Waals surface area contributed by atoms with Gasteiger partial charge in [-0.1, -0.05) is 0 Å². The molecule has 0 aromatic rings. The van der Waals surface area contributed by atoms with Crippen molar-refractivity contribution in [2.45, 2.75) is 63.5 Å². The van der Waals surface area contributed by atoms with Crippen molar-refractivity contribution < 1.29 is 9.59 Å². The fourth-order valence-corrected chi connectivity index (χ4v) is 6.02. The van der Waals surface area contributed by atoms with Crippen molar-refractivity contribution in [2.24, 2.45) is 11.8 Å². The molecule has 2 saturated carbocycles. The number of piperazine rings is 2. The number of nitrogens with zero attached hydrogens (tertiary/aromatic N) is 4.